The number of likely N-dealkylation sites (tertiary alicyclic amines) is 1. The van der Waals surface area contributed by atoms with Crippen molar-refractivity contribution in [3.63, 3.8) is 0 Å². The third kappa shape index (κ3) is 3.19. The van der Waals surface area contributed by atoms with Crippen molar-refractivity contribution < 1.29 is 4.79 Å². The fraction of sp³-hybridized carbons (Fsp3) is 0.727. The highest BCUT2D eigenvalue weighted by Gasteiger charge is 2.22. The van der Waals surface area contributed by atoms with Gasteiger partial charge < -0.3 is 5.32 Å². The number of hydrogen-bond donors (Lipinski definition) is 3. The van der Waals surface area contributed by atoms with Crippen LogP contribution in [-0.4, -0.2) is 45.1 Å². The average molecular weight is 253 g/mol. The zero-order chi connectivity index (χ0) is 13.0. The fourth-order valence-corrected chi connectivity index (χ4v) is 2.18. The summed E-state index contributed by atoms with van der Waals surface area (Å²) in [4.78, 5) is 27.4. The number of aromatic nitrogens is 3. The van der Waals surface area contributed by atoms with Crippen LogP contribution >= 0.6 is 0 Å². The second-order valence-electron chi connectivity index (χ2n) is 4.61. The van der Waals surface area contributed by atoms with Gasteiger partial charge in [-0.25, -0.2) is 9.89 Å². The molecule has 1 amide bonds. The minimum Gasteiger partial charge on any atom is -0.347 e. The number of piperidine rings is 1. The van der Waals surface area contributed by atoms with Crippen molar-refractivity contribution in [2.45, 2.75) is 38.8 Å². The Hall–Kier alpha value is -1.63. The molecule has 1 aliphatic heterocycles. The smallest absolute Gasteiger partial charge is 0.340 e. The molecule has 1 aliphatic rings. The second-order valence-corrected chi connectivity index (χ2v) is 4.61. The predicted molar refractivity (Wildman–Crippen MR) is 65.9 cm³/mol. The zero-order valence-electron chi connectivity index (χ0n) is 10.5. The summed E-state index contributed by atoms with van der Waals surface area (Å²) in [5.41, 5.74) is -0.358. The number of rotatable bonds is 4. The molecule has 1 aromatic heterocycles. The van der Waals surface area contributed by atoms with Gasteiger partial charge in [0.05, 0.1) is 12.6 Å². The molecule has 1 fully saturated rings. The third-order valence-electron chi connectivity index (χ3n) is 3.30. The Bertz CT molecular complexity index is 446. The summed E-state index contributed by atoms with van der Waals surface area (Å²) in [6.07, 6.45) is 3.56. The molecule has 7 heteroatoms. The Morgan fingerprint density at radius 3 is 2.78 bits per heavy atom. The van der Waals surface area contributed by atoms with Crippen molar-refractivity contribution >= 4 is 5.91 Å². The monoisotopic (exact) mass is 253 g/mol. The number of carbonyl (C=O) groups excluding carboxylic acids is 1. The molecule has 0 bridgehead atoms. The summed E-state index contributed by atoms with van der Waals surface area (Å²) >= 11 is 0. The lowest BCUT2D eigenvalue weighted by molar-refractivity contribution is -0.126. The highest BCUT2D eigenvalue weighted by Crippen LogP contribution is 2.11. The van der Waals surface area contributed by atoms with E-state index in [4.69, 9.17) is 0 Å². The van der Waals surface area contributed by atoms with E-state index < -0.39 is 0 Å². The van der Waals surface area contributed by atoms with Crippen molar-refractivity contribution in [1.29, 1.82) is 0 Å². The molecule has 2 heterocycles. The van der Waals surface area contributed by atoms with Gasteiger partial charge in [-0.05, 0) is 32.9 Å². The lowest BCUT2D eigenvalue weighted by atomic mass is 10.1. The first-order chi connectivity index (χ1) is 8.66. The average Bonchev–Trinajstić information content (AvgIpc) is 2.82. The maximum Gasteiger partial charge on any atom is 0.340 e. The fourth-order valence-electron chi connectivity index (χ4n) is 2.18. The van der Waals surface area contributed by atoms with Crippen LogP contribution in [0.4, 0.5) is 0 Å². The molecule has 0 spiro atoms. The molecule has 18 heavy (non-hydrogen) atoms. The molecule has 100 valence electrons. The molecule has 0 saturated carbocycles. The van der Waals surface area contributed by atoms with E-state index in [1.807, 2.05) is 6.92 Å². The van der Waals surface area contributed by atoms with Gasteiger partial charge in [-0.3, -0.25) is 14.7 Å². The van der Waals surface area contributed by atoms with Crippen molar-refractivity contribution in [3.05, 3.63) is 16.3 Å². The van der Waals surface area contributed by atoms with E-state index in [0.717, 1.165) is 25.9 Å². The van der Waals surface area contributed by atoms with Gasteiger partial charge >= 0.3 is 5.69 Å². The van der Waals surface area contributed by atoms with Crippen LogP contribution in [-0.2, 0) is 11.3 Å². The molecule has 0 radical (unpaired) electrons. The molecule has 0 unspecified atom stereocenters. The largest absolute Gasteiger partial charge is 0.347 e. The number of nitrogens with zero attached hydrogens (tertiary/aromatic N) is 2. The van der Waals surface area contributed by atoms with E-state index in [1.165, 1.54) is 6.42 Å². The molecule has 0 aromatic carbocycles. The minimum atomic E-state index is -0.358. The van der Waals surface area contributed by atoms with Crippen LogP contribution in [0.1, 0.15) is 32.0 Å². The van der Waals surface area contributed by atoms with Crippen molar-refractivity contribution in [2.24, 2.45) is 0 Å². The van der Waals surface area contributed by atoms with Crippen LogP contribution in [0.3, 0.4) is 0 Å². The van der Waals surface area contributed by atoms with Gasteiger partial charge in [0.1, 0.15) is 5.82 Å². The summed E-state index contributed by atoms with van der Waals surface area (Å²) in [7, 11) is 0. The molecule has 1 aromatic rings. The highest BCUT2D eigenvalue weighted by molar-refractivity contribution is 5.81. The molecule has 1 saturated heterocycles. The van der Waals surface area contributed by atoms with Crippen LogP contribution in [0.15, 0.2) is 4.79 Å². The Balaban J connectivity index is 1.81. The van der Waals surface area contributed by atoms with Gasteiger partial charge in [0, 0.05) is 0 Å². The Morgan fingerprint density at radius 1 is 1.44 bits per heavy atom. The summed E-state index contributed by atoms with van der Waals surface area (Å²) < 4.78 is 0. The number of amides is 1. The van der Waals surface area contributed by atoms with Gasteiger partial charge in [0.2, 0.25) is 5.91 Å². The summed E-state index contributed by atoms with van der Waals surface area (Å²) in [6.45, 7) is 4.12. The zero-order valence-corrected chi connectivity index (χ0v) is 10.5. The first kappa shape index (κ1) is 12.8. The molecule has 2 rings (SSSR count). The van der Waals surface area contributed by atoms with Gasteiger partial charge in [-0.2, -0.15) is 5.10 Å². The van der Waals surface area contributed by atoms with E-state index in [9.17, 15) is 9.59 Å². The van der Waals surface area contributed by atoms with E-state index in [-0.39, 0.29) is 24.2 Å². The van der Waals surface area contributed by atoms with E-state index in [0.29, 0.717) is 5.82 Å². The Morgan fingerprint density at radius 2 is 2.17 bits per heavy atom. The minimum absolute atomic E-state index is 0.0271. The number of nitrogens with one attached hydrogen (secondary N) is 3. The van der Waals surface area contributed by atoms with E-state index in [1.54, 1.807) is 0 Å². The van der Waals surface area contributed by atoms with Crippen molar-refractivity contribution in [1.82, 2.24) is 25.4 Å². The maximum absolute atomic E-state index is 11.9. The highest BCUT2D eigenvalue weighted by atomic mass is 16.2. The lowest BCUT2D eigenvalue weighted by Gasteiger charge is -2.31. The SMILES string of the molecule is C[C@@H](C(=O)NCc1n[nH]c(=O)[nH]1)N1CCCCC1. The number of H-pyrrole nitrogens is 2. The van der Waals surface area contributed by atoms with Crippen LogP contribution in [0.25, 0.3) is 0 Å². The van der Waals surface area contributed by atoms with Gasteiger partial charge in [-0.1, -0.05) is 6.42 Å². The summed E-state index contributed by atoms with van der Waals surface area (Å²) in [5, 5.41) is 8.78. The number of hydrogen-bond acceptors (Lipinski definition) is 4. The van der Waals surface area contributed by atoms with Crippen molar-refractivity contribution in [2.75, 3.05) is 13.1 Å². The first-order valence-corrected chi connectivity index (χ1v) is 6.32. The summed E-state index contributed by atoms with van der Waals surface area (Å²) in [6, 6.07) is -0.129. The molecule has 1 atom stereocenters. The van der Waals surface area contributed by atoms with Crippen LogP contribution < -0.4 is 11.0 Å². The van der Waals surface area contributed by atoms with Crippen LogP contribution in [0, 0.1) is 0 Å². The lowest BCUT2D eigenvalue weighted by Crippen LogP contribution is -2.47. The van der Waals surface area contributed by atoms with E-state index in [2.05, 4.69) is 25.4 Å². The Kier molecular flexibility index (Phi) is 4.14. The van der Waals surface area contributed by atoms with Gasteiger partial charge in [0.15, 0.2) is 0 Å². The predicted octanol–water partition coefficient (Wildman–Crippen LogP) is -0.411. The number of aromatic amines is 2. The molecular formula is C11H19N5O2. The number of carbonyl (C=O) groups is 1. The molecule has 0 aliphatic carbocycles. The normalized spacial score (nSPS) is 18.5. The maximum atomic E-state index is 11.9. The van der Waals surface area contributed by atoms with Crippen LogP contribution in [0.2, 0.25) is 0 Å². The van der Waals surface area contributed by atoms with E-state index >= 15 is 0 Å². The van der Waals surface area contributed by atoms with Crippen molar-refractivity contribution in [3.8, 4) is 0 Å². The van der Waals surface area contributed by atoms with Gasteiger partial charge in [-0.15, -0.1) is 0 Å². The Labute approximate surface area is 105 Å². The molecular weight excluding hydrogens is 234 g/mol. The van der Waals surface area contributed by atoms with Gasteiger partial charge in [0.25, 0.3) is 0 Å². The second kappa shape index (κ2) is 5.81. The molecule has 3 N–H and O–H groups in total. The first-order valence-electron chi connectivity index (χ1n) is 6.32. The third-order valence-corrected chi connectivity index (χ3v) is 3.30. The standard InChI is InChI=1S/C11H19N5O2/c1-8(16-5-3-2-4-6-16)10(17)12-7-9-13-11(18)15-14-9/h8H,2-7H2,1H3,(H,12,17)(H2,13,14,15,18)/t8-/m0/s1. The quantitative estimate of drug-likeness (QED) is 0.680. The molecule has 7 nitrogen and oxygen atoms in total. The summed E-state index contributed by atoms with van der Waals surface area (Å²) in [5.74, 6) is 0.417. The topological polar surface area (TPSA) is 93.9 Å². The van der Waals surface area contributed by atoms with Crippen LogP contribution in [0.5, 0.6) is 0 Å².